The lowest BCUT2D eigenvalue weighted by molar-refractivity contribution is 0.323. The minimum absolute atomic E-state index is 0.755. The Morgan fingerprint density at radius 2 is 1.94 bits per heavy atom. The van der Waals surface area contributed by atoms with E-state index >= 15 is 0 Å². The number of benzene rings is 1. The Balaban J connectivity index is 2.75. The highest BCUT2D eigenvalue weighted by Crippen LogP contribution is 2.24. The molecule has 0 fully saturated rings. The standard InChI is InChI=1S/C14H24N2O/c1-11-12(2)14(17-4)7-6-13(11)10-16(3)9-5-8-15/h6-7H,5,8-10,15H2,1-4H3. The fraction of sp³-hybridized carbons (Fsp3) is 0.571. The summed E-state index contributed by atoms with van der Waals surface area (Å²) in [7, 11) is 3.85. The molecule has 2 N–H and O–H groups in total. The Morgan fingerprint density at radius 1 is 1.24 bits per heavy atom. The van der Waals surface area contributed by atoms with Crippen LogP contribution >= 0.6 is 0 Å². The first-order valence-electron chi connectivity index (χ1n) is 6.11. The molecule has 0 saturated carbocycles. The summed E-state index contributed by atoms with van der Waals surface area (Å²) in [4.78, 5) is 2.31. The molecule has 17 heavy (non-hydrogen) atoms. The summed E-state index contributed by atoms with van der Waals surface area (Å²) in [5.41, 5.74) is 9.44. The van der Waals surface area contributed by atoms with Crippen LogP contribution in [0.4, 0.5) is 0 Å². The molecule has 96 valence electrons. The lowest BCUT2D eigenvalue weighted by Crippen LogP contribution is -2.21. The summed E-state index contributed by atoms with van der Waals surface area (Å²) in [6.07, 6.45) is 1.05. The SMILES string of the molecule is COc1ccc(CN(C)CCCN)c(C)c1C. The Labute approximate surface area is 105 Å². The predicted octanol–water partition coefficient (Wildman–Crippen LogP) is 2.09. The molecule has 0 atom stereocenters. The van der Waals surface area contributed by atoms with Crippen LogP contribution in [0.2, 0.25) is 0 Å². The molecule has 0 aromatic heterocycles. The van der Waals surface area contributed by atoms with Gasteiger partial charge in [0.05, 0.1) is 7.11 Å². The summed E-state index contributed by atoms with van der Waals surface area (Å²) >= 11 is 0. The molecule has 0 aliphatic rings. The van der Waals surface area contributed by atoms with Crippen LogP contribution in [0, 0.1) is 13.8 Å². The van der Waals surface area contributed by atoms with Crippen molar-refractivity contribution in [1.82, 2.24) is 4.90 Å². The lowest BCUT2D eigenvalue weighted by atomic mass is 10.0. The third-order valence-corrected chi connectivity index (χ3v) is 3.25. The second-order valence-electron chi connectivity index (χ2n) is 4.56. The highest BCUT2D eigenvalue weighted by atomic mass is 16.5. The molecule has 0 unspecified atom stereocenters. The van der Waals surface area contributed by atoms with Crippen molar-refractivity contribution in [3.8, 4) is 5.75 Å². The van der Waals surface area contributed by atoms with Gasteiger partial charge in [-0.1, -0.05) is 6.07 Å². The van der Waals surface area contributed by atoms with E-state index in [1.807, 2.05) is 0 Å². The Bertz CT molecular complexity index is 363. The van der Waals surface area contributed by atoms with Crippen LogP contribution in [0.1, 0.15) is 23.1 Å². The van der Waals surface area contributed by atoms with Gasteiger partial charge in [0.15, 0.2) is 0 Å². The van der Waals surface area contributed by atoms with Crippen molar-refractivity contribution in [2.24, 2.45) is 5.73 Å². The molecular formula is C14H24N2O. The molecule has 1 rings (SSSR count). The summed E-state index contributed by atoms with van der Waals surface area (Å²) in [5, 5.41) is 0. The van der Waals surface area contributed by atoms with Gasteiger partial charge in [-0.25, -0.2) is 0 Å². The van der Waals surface area contributed by atoms with Gasteiger partial charge in [-0.3, -0.25) is 0 Å². The molecule has 3 heteroatoms. The smallest absolute Gasteiger partial charge is 0.122 e. The van der Waals surface area contributed by atoms with E-state index in [0.717, 1.165) is 31.8 Å². The molecular weight excluding hydrogens is 212 g/mol. The van der Waals surface area contributed by atoms with E-state index in [1.165, 1.54) is 16.7 Å². The van der Waals surface area contributed by atoms with E-state index < -0.39 is 0 Å². The maximum atomic E-state index is 5.52. The molecule has 0 saturated heterocycles. The van der Waals surface area contributed by atoms with E-state index in [4.69, 9.17) is 10.5 Å². The maximum Gasteiger partial charge on any atom is 0.122 e. The van der Waals surface area contributed by atoms with Crippen LogP contribution in [0.3, 0.4) is 0 Å². The molecule has 0 aliphatic heterocycles. The number of nitrogens with zero attached hydrogens (tertiary/aromatic N) is 1. The number of hydrogen-bond donors (Lipinski definition) is 1. The average Bonchev–Trinajstić information content (AvgIpc) is 2.33. The van der Waals surface area contributed by atoms with Gasteiger partial charge in [0, 0.05) is 6.54 Å². The van der Waals surface area contributed by atoms with Crippen LogP contribution in [-0.4, -0.2) is 32.1 Å². The minimum Gasteiger partial charge on any atom is -0.496 e. The molecule has 0 aliphatic carbocycles. The van der Waals surface area contributed by atoms with E-state index in [1.54, 1.807) is 7.11 Å². The van der Waals surface area contributed by atoms with Crippen molar-refractivity contribution >= 4 is 0 Å². The zero-order valence-electron chi connectivity index (χ0n) is 11.4. The fourth-order valence-corrected chi connectivity index (χ4v) is 1.98. The zero-order valence-corrected chi connectivity index (χ0v) is 11.4. The first-order valence-corrected chi connectivity index (χ1v) is 6.11. The number of nitrogens with two attached hydrogens (primary N) is 1. The largest absolute Gasteiger partial charge is 0.496 e. The first-order chi connectivity index (χ1) is 8.10. The Kier molecular flexibility index (Phi) is 5.45. The van der Waals surface area contributed by atoms with E-state index in [-0.39, 0.29) is 0 Å². The highest BCUT2D eigenvalue weighted by molar-refractivity contribution is 5.43. The first kappa shape index (κ1) is 14.0. The quantitative estimate of drug-likeness (QED) is 0.822. The van der Waals surface area contributed by atoms with Gasteiger partial charge in [0.1, 0.15) is 5.75 Å². The van der Waals surface area contributed by atoms with E-state index in [2.05, 4.69) is 37.9 Å². The van der Waals surface area contributed by atoms with Crippen LogP contribution in [0.5, 0.6) is 5.75 Å². The molecule has 1 aromatic rings. The van der Waals surface area contributed by atoms with Crippen molar-refractivity contribution in [3.05, 3.63) is 28.8 Å². The van der Waals surface area contributed by atoms with Gasteiger partial charge < -0.3 is 15.4 Å². The van der Waals surface area contributed by atoms with Crippen LogP contribution in [0.15, 0.2) is 12.1 Å². The third kappa shape index (κ3) is 3.72. The molecule has 0 bridgehead atoms. The normalized spacial score (nSPS) is 10.9. The molecule has 1 aromatic carbocycles. The summed E-state index contributed by atoms with van der Waals surface area (Å²) in [6.45, 7) is 7.03. The average molecular weight is 236 g/mol. The number of rotatable bonds is 6. The van der Waals surface area contributed by atoms with Crippen molar-refractivity contribution < 1.29 is 4.74 Å². The Morgan fingerprint density at radius 3 is 2.53 bits per heavy atom. The number of methoxy groups -OCH3 is 1. The summed E-state index contributed by atoms with van der Waals surface area (Å²) in [5.74, 6) is 0.968. The summed E-state index contributed by atoms with van der Waals surface area (Å²) in [6, 6.07) is 4.20. The number of hydrogen-bond acceptors (Lipinski definition) is 3. The van der Waals surface area contributed by atoms with Crippen LogP contribution in [0.25, 0.3) is 0 Å². The van der Waals surface area contributed by atoms with Gasteiger partial charge in [-0.05, 0) is 63.2 Å². The van der Waals surface area contributed by atoms with Crippen LogP contribution in [-0.2, 0) is 6.54 Å². The van der Waals surface area contributed by atoms with Gasteiger partial charge in [-0.2, -0.15) is 0 Å². The second-order valence-corrected chi connectivity index (χ2v) is 4.56. The highest BCUT2D eigenvalue weighted by Gasteiger charge is 2.08. The number of ether oxygens (including phenoxy) is 1. The molecule has 0 heterocycles. The molecule has 0 radical (unpaired) electrons. The second kappa shape index (κ2) is 6.62. The zero-order chi connectivity index (χ0) is 12.8. The lowest BCUT2D eigenvalue weighted by Gasteiger charge is -2.19. The van der Waals surface area contributed by atoms with Crippen LogP contribution < -0.4 is 10.5 Å². The monoisotopic (exact) mass is 236 g/mol. The van der Waals surface area contributed by atoms with Gasteiger partial charge in [0.25, 0.3) is 0 Å². The summed E-state index contributed by atoms with van der Waals surface area (Å²) < 4.78 is 5.32. The third-order valence-electron chi connectivity index (χ3n) is 3.25. The molecule has 3 nitrogen and oxygen atoms in total. The molecule has 0 spiro atoms. The molecule has 0 amide bonds. The van der Waals surface area contributed by atoms with Crippen molar-refractivity contribution in [2.75, 3.05) is 27.2 Å². The van der Waals surface area contributed by atoms with Crippen molar-refractivity contribution in [3.63, 3.8) is 0 Å². The van der Waals surface area contributed by atoms with Crippen molar-refractivity contribution in [2.45, 2.75) is 26.8 Å². The maximum absolute atomic E-state index is 5.52. The van der Waals surface area contributed by atoms with Gasteiger partial charge in [0.2, 0.25) is 0 Å². The van der Waals surface area contributed by atoms with E-state index in [0.29, 0.717) is 0 Å². The van der Waals surface area contributed by atoms with Gasteiger partial charge in [-0.15, -0.1) is 0 Å². The van der Waals surface area contributed by atoms with E-state index in [9.17, 15) is 0 Å². The van der Waals surface area contributed by atoms with Crippen molar-refractivity contribution in [1.29, 1.82) is 0 Å². The predicted molar refractivity (Wildman–Crippen MR) is 72.5 cm³/mol. The van der Waals surface area contributed by atoms with Gasteiger partial charge >= 0.3 is 0 Å². The topological polar surface area (TPSA) is 38.5 Å². The fourth-order valence-electron chi connectivity index (χ4n) is 1.98. The Hall–Kier alpha value is -1.06. The minimum atomic E-state index is 0.755.